The van der Waals surface area contributed by atoms with Gasteiger partial charge in [-0.3, -0.25) is 9.59 Å². The van der Waals surface area contributed by atoms with E-state index in [1.54, 1.807) is 30.3 Å². The molecule has 0 aliphatic heterocycles. The summed E-state index contributed by atoms with van der Waals surface area (Å²) in [4.78, 5) is 36.4. The van der Waals surface area contributed by atoms with Crippen LogP contribution in [0.5, 0.6) is 0 Å². The predicted octanol–water partition coefficient (Wildman–Crippen LogP) is 5.39. The minimum Gasteiger partial charge on any atom is -0.478 e. The van der Waals surface area contributed by atoms with E-state index in [2.05, 4.69) is 10.6 Å². The Hall–Kier alpha value is -3.79. The SMILES string of the molecule is O=C(CSc1ccc(NC(=O)c2ccccc2C(=O)O)cc1)Nc1ccccc1C(F)(F)F. The molecule has 0 saturated heterocycles. The Morgan fingerprint density at radius 2 is 1.42 bits per heavy atom. The van der Waals surface area contributed by atoms with E-state index in [0.29, 0.717) is 10.6 Å². The summed E-state index contributed by atoms with van der Waals surface area (Å²) in [7, 11) is 0. The monoisotopic (exact) mass is 474 g/mol. The fourth-order valence-electron chi connectivity index (χ4n) is 2.88. The Balaban J connectivity index is 1.58. The van der Waals surface area contributed by atoms with E-state index in [0.717, 1.165) is 17.8 Å². The van der Waals surface area contributed by atoms with Gasteiger partial charge in [-0.2, -0.15) is 13.2 Å². The van der Waals surface area contributed by atoms with Crippen molar-refractivity contribution >= 4 is 40.9 Å². The molecule has 33 heavy (non-hydrogen) atoms. The maximum absolute atomic E-state index is 13.0. The number of carbonyl (C=O) groups excluding carboxylic acids is 2. The number of carboxylic acids is 1. The normalized spacial score (nSPS) is 11.0. The molecule has 3 rings (SSSR count). The molecule has 3 N–H and O–H groups in total. The fourth-order valence-corrected chi connectivity index (χ4v) is 3.57. The largest absolute Gasteiger partial charge is 0.478 e. The highest BCUT2D eigenvalue weighted by molar-refractivity contribution is 8.00. The topological polar surface area (TPSA) is 95.5 Å². The summed E-state index contributed by atoms with van der Waals surface area (Å²) in [5, 5.41) is 14.1. The number of alkyl halides is 3. The maximum atomic E-state index is 13.0. The van der Waals surface area contributed by atoms with Crippen LogP contribution in [0.3, 0.4) is 0 Å². The zero-order valence-corrected chi connectivity index (χ0v) is 17.7. The minimum absolute atomic E-state index is 0.0132. The number of rotatable bonds is 7. The molecule has 0 unspecified atom stereocenters. The molecule has 170 valence electrons. The van der Waals surface area contributed by atoms with Gasteiger partial charge in [0.2, 0.25) is 5.91 Å². The number of hydrogen-bond acceptors (Lipinski definition) is 4. The van der Waals surface area contributed by atoms with Crippen LogP contribution in [-0.4, -0.2) is 28.6 Å². The zero-order chi connectivity index (χ0) is 24.0. The second-order valence-corrected chi connectivity index (χ2v) is 7.76. The molecule has 0 aromatic heterocycles. The van der Waals surface area contributed by atoms with Crippen LogP contribution in [0.1, 0.15) is 26.3 Å². The third-order valence-corrected chi connectivity index (χ3v) is 5.40. The molecule has 2 amide bonds. The van der Waals surface area contributed by atoms with E-state index in [9.17, 15) is 32.7 Å². The van der Waals surface area contributed by atoms with Crippen LogP contribution in [0.15, 0.2) is 77.7 Å². The number of carbonyl (C=O) groups is 3. The van der Waals surface area contributed by atoms with Crippen LogP contribution >= 0.6 is 11.8 Å². The molecular formula is C23H17F3N2O4S. The maximum Gasteiger partial charge on any atom is 0.418 e. The van der Waals surface area contributed by atoms with Crippen molar-refractivity contribution in [1.29, 1.82) is 0 Å². The highest BCUT2D eigenvalue weighted by Crippen LogP contribution is 2.34. The number of halogens is 3. The molecule has 0 fully saturated rings. The van der Waals surface area contributed by atoms with Crippen molar-refractivity contribution in [2.75, 3.05) is 16.4 Å². The molecule has 0 saturated carbocycles. The van der Waals surface area contributed by atoms with Crippen molar-refractivity contribution in [3.05, 3.63) is 89.5 Å². The third kappa shape index (κ3) is 6.36. The number of hydrogen-bond donors (Lipinski definition) is 3. The Labute approximate surface area is 190 Å². The minimum atomic E-state index is -4.58. The van der Waals surface area contributed by atoms with Gasteiger partial charge in [-0.15, -0.1) is 11.8 Å². The molecule has 0 heterocycles. The molecule has 3 aromatic carbocycles. The number of nitrogens with one attached hydrogen (secondary N) is 2. The Bertz CT molecular complexity index is 1180. The lowest BCUT2D eigenvalue weighted by Crippen LogP contribution is -2.18. The summed E-state index contributed by atoms with van der Waals surface area (Å²) in [6.45, 7) is 0. The first-order valence-electron chi connectivity index (χ1n) is 9.48. The Morgan fingerprint density at radius 1 is 0.818 bits per heavy atom. The first kappa shape index (κ1) is 23.9. The molecule has 6 nitrogen and oxygen atoms in total. The molecule has 0 atom stereocenters. The number of amides is 2. The average molecular weight is 474 g/mol. The lowest BCUT2D eigenvalue weighted by atomic mass is 10.1. The number of para-hydroxylation sites is 1. The van der Waals surface area contributed by atoms with Gasteiger partial charge in [-0.1, -0.05) is 24.3 Å². The molecule has 0 aliphatic carbocycles. The van der Waals surface area contributed by atoms with Gasteiger partial charge in [0.15, 0.2) is 0 Å². The van der Waals surface area contributed by atoms with Gasteiger partial charge in [0.1, 0.15) is 0 Å². The van der Waals surface area contributed by atoms with E-state index >= 15 is 0 Å². The van der Waals surface area contributed by atoms with Gasteiger partial charge in [-0.05, 0) is 48.5 Å². The molecule has 3 aromatic rings. The molecule has 0 radical (unpaired) electrons. The number of thioether (sulfide) groups is 1. The zero-order valence-electron chi connectivity index (χ0n) is 16.8. The molecular weight excluding hydrogens is 457 g/mol. The lowest BCUT2D eigenvalue weighted by Gasteiger charge is -2.13. The van der Waals surface area contributed by atoms with E-state index in [1.807, 2.05) is 0 Å². The number of anilines is 2. The van der Waals surface area contributed by atoms with Crippen molar-refractivity contribution in [1.82, 2.24) is 0 Å². The van der Waals surface area contributed by atoms with Crippen molar-refractivity contribution in [3.63, 3.8) is 0 Å². The van der Waals surface area contributed by atoms with Crippen molar-refractivity contribution in [2.45, 2.75) is 11.1 Å². The average Bonchev–Trinajstić information content (AvgIpc) is 2.78. The summed E-state index contributed by atoms with van der Waals surface area (Å²) in [5.41, 5.74) is -0.934. The van der Waals surface area contributed by atoms with E-state index in [4.69, 9.17) is 0 Å². The van der Waals surface area contributed by atoms with Crippen molar-refractivity contribution in [3.8, 4) is 0 Å². The van der Waals surface area contributed by atoms with E-state index < -0.39 is 29.5 Å². The second-order valence-electron chi connectivity index (χ2n) is 6.71. The highest BCUT2D eigenvalue weighted by Gasteiger charge is 2.33. The van der Waals surface area contributed by atoms with Gasteiger partial charge < -0.3 is 15.7 Å². The van der Waals surface area contributed by atoms with Gasteiger partial charge in [0.05, 0.1) is 28.1 Å². The number of aromatic carboxylic acids is 1. The van der Waals surface area contributed by atoms with E-state index in [1.165, 1.54) is 36.4 Å². The first-order chi connectivity index (χ1) is 15.6. The summed E-state index contributed by atoms with van der Waals surface area (Å²) in [5.74, 6) is -2.52. The number of benzene rings is 3. The second kappa shape index (κ2) is 10.2. The lowest BCUT2D eigenvalue weighted by molar-refractivity contribution is -0.137. The van der Waals surface area contributed by atoms with Gasteiger partial charge >= 0.3 is 12.1 Å². The van der Waals surface area contributed by atoms with Crippen LogP contribution in [0.4, 0.5) is 24.5 Å². The van der Waals surface area contributed by atoms with Crippen LogP contribution < -0.4 is 10.6 Å². The summed E-state index contributed by atoms with van der Waals surface area (Å²) in [6, 6.07) is 16.9. The number of carboxylic acid groups (broad SMARTS) is 1. The molecule has 0 bridgehead atoms. The van der Waals surface area contributed by atoms with Crippen molar-refractivity contribution < 1.29 is 32.7 Å². The standard InChI is InChI=1S/C23H17F3N2O4S/c24-23(25,26)18-7-3-4-8-19(18)28-20(29)13-33-15-11-9-14(10-12-15)27-21(30)16-5-1-2-6-17(16)22(31)32/h1-12H,13H2,(H,27,30)(H,28,29)(H,31,32). The summed E-state index contributed by atoms with van der Waals surface area (Å²) < 4.78 is 39.1. The fraction of sp³-hybridized carbons (Fsp3) is 0.0870. The van der Waals surface area contributed by atoms with Crippen LogP contribution in [0.2, 0.25) is 0 Å². The summed E-state index contributed by atoms with van der Waals surface area (Å²) >= 11 is 1.11. The van der Waals surface area contributed by atoms with Gasteiger partial charge in [0.25, 0.3) is 5.91 Å². The Morgan fingerprint density at radius 3 is 2.06 bits per heavy atom. The van der Waals surface area contributed by atoms with Crippen LogP contribution in [0, 0.1) is 0 Å². The summed E-state index contributed by atoms with van der Waals surface area (Å²) in [6.07, 6.45) is -4.58. The van der Waals surface area contributed by atoms with Gasteiger partial charge in [-0.25, -0.2) is 4.79 Å². The first-order valence-corrected chi connectivity index (χ1v) is 10.5. The molecule has 0 aliphatic rings. The highest BCUT2D eigenvalue weighted by atomic mass is 32.2. The van der Waals surface area contributed by atoms with Crippen LogP contribution in [-0.2, 0) is 11.0 Å². The van der Waals surface area contributed by atoms with Crippen molar-refractivity contribution in [2.24, 2.45) is 0 Å². The van der Waals surface area contributed by atoms with Gasteiger partial charge in [0, 0.05) is 10.6 Å². The van der Waals surface area contributed by atoms with E-state index in [-0.39, 0.29) is 22.6 Å². The Kier molecular flexibility index (Phi) is 7.39. The van der Waals surface area contributed by atoms with Crippen LogP contribution in [0.25, 0.3) is 0 Å². The molecule has 0 spiro atoms. The predicted molar refractivity (Wildman–Crippen MR) is 119 cm³/mol. The third-order valence-electron chi connectivity index (χ3n) is 4.39. The molecule has 10 heteroatoms. The smallest absolute Gasteiger partial charge is 0.418 e. The quantitative estimate of drug-likeness (QED) is 0.399.